The van der Waals surface area contributed by atoms with Gasteiger partial charge in [-0.15, -0.1) is 0 Å². The Hall–Kier alpha value is -1.17. The molecule has 132 valence electrons. The third-order valence-corrected chi connectivity index (χ3v) is 7.22. The van der Waals surface area contributed by atoms with Gasteiger partial charge < -0.3 is 10.2 Å². The van der Waals surface area contributed by atoms with Crippen molar-refractivity contribution >= 4 is 22.6 Å². The maximum absolute atomic E-state index is 12.7. The van der Waals surface area contributed by atoms with E-state index in [0.29, 0.717) is 0 Å². The minimum atomic E-state index is 0.0687. The van der Waals surface area contributed by atoms with E-state index in [1.807, 2.05) is 0 Å². The lowest BCUT2D eigenvalue weighted by Gasteiger charge is -2.39. The first-order chi connectivity index (χ1) is 11.5. The monoisotopic (exact) mass is 348 g/mol. The van der Waals surface area contributed by atoms with Crippen LogP contribution in [0.1, 0.15) is 65.1 Å². The Morgan fingerprint density at radius 3 is 2.67 bits per heavy atom. The van der Waals surface area contributed by atoms with Gasteiger partial charge in [-0.2, -0.15) is 4.37 Å². The summed E-state index contributed by atoms with van der Waals surface area (Å²) in [4.78, 5) is 19.9. The zero-order valence-electron chi connectivity index (χ0n) is 15.0. The first-order valence-corrected chi connectivity index (χ1v) is 10.1. The van der Waals surface area contributed by atoms with E-state index >= 15 is 0 Å². The molecule has 5 nitrogen and oxygen atoms in total. The van der Waals surface area contributed by atoms with Gasteiger partial charge in [-0.05, 0) is 31.1 Å². The molecule has 1 aromatic heterocycles. The molecule has 1 amide bonds. The number of rotatable bonds is 4. The van der Waals surface area contributed by atoms with Gasteiger partial charge in [-0.3, -0.25) is 4.79 Å². The lowest BCUT2D eigenvalue weighted by atomic mass is 9.89. The summed E-state index contributed by atoms with van der Waals surface area (Å²) in [7, 11) is 0. The first-order valence-electron chi connectivity index (χ1n) is 9.37. The molecule has 24 heavy (non-hydrogen) atoms. The predicted molar refractivity (Wildman–Crippen MR) is 96.3 cm³/mol. The fourth-order valence-electron chi connectivity index (χ4n) is 4.72. The van der Waals surface area contributed by atoms with E-state index in [4.69, 9.17) is 4.98 Å². The Morgan fingerprint density at radius 1 is 1.38 bits per heavy atom. The van der Waals surface area contributed by atoms with Crippen molar-refractivity contribution in [1.29, 1.82) is 0 Å². The van der Waals surface area contributed by atoms with Crippen LogP contribution in [0.3, 0.4) is 0 Å². The number of anilines is 1. The predicted octanol–water partition coefficient (Wildman–Crippen LogP) is 3.15. The van der Waals surface area contributed by atoms with Gasteiger partial charge in [0.05, 0.1) is 11.6 Å². The van der Waals surface area contributed by atoms with Crippen molar-refractivity contribution in [2.75, 3.05) is 11.4 Å². The van der Waals surface area contributed by atoms with Gasteiger partial charge in [0.1, 0.15) is 5.82 Å². The first kappa shape index (κ1) is 16.3. The second kappa shape index (κ2) is 5.68. The number of hydrogen-bond donors (Lipinski definition) is 1. The van der Waals surface area contributed by atoms with Crippen molar-refractivity contribution in [2.45, 2.75) is 77.3 Å². The average molecular weight is 349 g/mol. The molecule has 2 saturated carbocycles. The van der Waals surface area contributed by atoms with Gasteiger partial charge in [0.2, 0.25) is 11.0 Å². The van der Waals surface area contributed by atoms with Gasteiger partial charge in [0, 0.05) is 30.4 Å². The summed E-state index contributed by atoms with van der Waals surface area (Å²) in [6.45, 7) is 7.47. The number of amides is 1. The maximum Gasteiger partial charge on any atom is 0.223 e. The van der Waals surface area contributed by atoms with Crippen LogP contribution in [-0.4, -0.2) is 33.4 Å². The Labute approximate surface area is 148 Å². The molecular weight excluding hydrogens is 320 g/mol. The fraction of sp³-hybridized carbons (Fsp3) is 0.833. The summed E-state index contributed by atoms with van der Waals surface area (Å²) in [5, 5.41) is 4.48. The second-order valence-electron chi connectivity index (χ2n) is 8.40. The molecule has 1 aliphatic heterocycles. The number of nitrogens with zero attached hydrogens (tertiary/aromatic N) is 3. The highest BCUT2D eigenvalue weighted by Crippen LogP contribution is 2.52. The molecule has 1 aromatic rings. The van der Waals surface area contributed by atoms with Crippen molar-refractivity contribution < 1.29 is 4.79 Å². The van der Waals surface area contributed by atoms with Crippen LogP contribution in [0.25, 0.3) is 0 Å². The van der Waals surface area contributed by atoms with Crippen molar-refractivity contribution in [3.63, 3.8) is 0 Å². The third kappa shape index (κ3) is 2.54. The van der Waals surface area contributed by atoms with Crippen LogP contribution in [0, 0.1) is 11.3 Å². The minimum Gasteiger partial charge on any atom is -0.351 e. The molecule has 1 spiro atoms. The van der Waals surface area contributed by atoms with E-state index in [1.54, 1.807) is 0 Å². The van der Waals surface area contributed by atoms with Gasteiger partial charge in [-0.1, -0.05) is 33.6 Å². The highest BCUT2D eigenvalue weighted by Gasteiger charge is 2.55. The van der Waals surface area contributed by atoms with Crippen LogP contribution >= 0.6 is 11.5 Å². The Morgan fingerprint density at radius 2 is 2.08 bits per heavy atom. The molecule has 2 aliphatic carbocycles. The summed E-state index contributed by atoms with van der Waals surface area (Å²) >= 11 is 1.52. The second-order valence-corrected chi connectivity index (χ2v) is 9.13. The number of nitrogens with one attached hydrogen (secondary N) is 1. The van der Waals surface area contributed by atoms with Gasteiger partial charge in [-0.25, -0.2) is 4.98 Å². The number of aromatic nitrogens is 2. The van der Waals surface area contributed by atoms with E-state index in [0.717, 1.165) is 49.6 Å². The Bertz CT molecular complexity index is 635. The number of hydrogen-bond acceptors (Lipinski definition) is 5. The largest absolute Gasteiger partial charge is 0.351 e. The molecule has 3 fully saturated rings. The van der Waals surface area contributed by atoms with Crippen LogP contribution < -0.4 is 10.2 Å². The van der Waals surface area contributed by atoms with Crippen LogP contribution in [0.5, 0.6) is 0 Å². The Kier molecular flexibility index (Phi) is 3.86. The highest BCUT2D eigenvalue weighted by molar-refractivity contribution is 7.09. The van der Waals surface area contributed by atoms with Gasteiger partial charge >= 0.3 is 0 Å². The number of carbonyl (C=O) groups excluding carboxylic acids is 1. The molecule has 6 heteroatoms. The summed E-state index contributed by atoms with van der Waals surface area (Å²) in [5.74, 6) is 1.42. The fourth-order valence-corrected chi connectivity index (χ4v) is 5.60. The highest BCUT2D eigenvalue weighted by atomic mass is 32.1. The molecule has 4 rings (SSSR count). The zero-order valence-corrected chi connectivity index (χ0v) is 15.8. The molecule has 1 unspecified atom stereocenters. The molecule has 0 aromatic carbocycles. The maximum atomic E-state index is 12.7. The molecular formula is C18H28N4OS. The summed E-state index contributed by atoms with van der Waals surface area (Å²) in [5.41, 5.74) is 0.264. The SMILES string of the molecule is CCc1nsc(N2CCC(NC(=O)[C@H]3CC3(C)C)C23CCCC3)n1. The van der Waals surface area contributed by atoms with Gasteiger partial charge in [0.15, 0.2) is 0 Å². The number of aryl methyl sites for hydroxylation is 1. The van der Waals surface area contributed by atoms with E-state index < -0.39 is 0 Å². The third-order valence-electron chi connectivity index (χ3n) is 6.45. The standard InChI is InChI=1S/C18H28N4OS/c1-4-14-20-16(24-21-14)22-10-7-13(18(22)8-5-6-9-18)19-15(23)12-11-17(12,2)3/h12-13H,4-11H2,1-3H3,(H,19,23)/t12-,13?/m1/s1. The molecule has 2 heterocycles. The average Bonchev–Trinajstić information content (AvgIpc) is 3.05. The van der Waals surface area contributed by atoms with Crippen molar-refractivity contribution in [2.24, 2.45) is 11.3 Å². The summed E-state index contributed by atoms with van der Waals surface area (Å²) in [6.07, 6.45) is 7.75. The van der Waals surface area contributed by atoms with E-state index in [2.05, 4.69) is 35.4 Å². The molecule has 3 aliphatic rings. The van der Waals surface area contributed by atoms with Crippen LogP contribution in [-0.2, 0) is 11.2 Å². The molecule has 1 N–H and O–H groups in total. The Balaban J connectivity index is 1.54. The van der Waals surface area contributed by atoms with Gasteiger partial charge in [0.25, 0.3) is 0 Å². The summed E-state index contributed by atoms with van der Waals surface area (Å²) < 4.78 is 4.48. The number of carbonyl (C=O) groups is 1. The van der Waals surface area contributed by atoms with E-state index in [9.17, 15) is 4.79 Å². The molecule has 0 bridgehead atoms. The van der Waals surface area contributed by atoms with Crippen LogP contribution in [0.4, 0.5) is 5.13 Å². The molecule has 1 saturated heterocycles. The van der Waals surface area contributed by atoms with E-state index in [1.165, 1.54) is 24.4 Å². The zero-order chi connectivity index (χ0) is 16.9. The topological polar surface area (TPSA) is 58.1 Å². The van der Waals surface area contributed by atoms with Crippen LogP contribution in [0.2, 0.25) is 0 Å². The van der Waals surface area contributed by atoms with Crippen molar-refractivity contribution in [3.8, 4) is 0 Å². The lowest BCUT2D eigenvalue weighted by molar-refractivity contribution is -0.124. The van der Waals surface area contributed by atoms with Crippen molar-refractivity contribution in [3.05, 3.63) is 5.82 Å². The quantitative estimate of drug-likeness (QED) is 0.908. The van der Waals surface area contributed by atoms with Crippen LogP contribution in [0.15, 0.2) is 0 Å². The smallest absolute Gasteiger partial charge is 0.223 e. The van der Waals surface area contributed by atoms with Crippen molar-refractivity contribution in [1.82, 2.24) is 14.7 Å². The molecule has 2 atom stereocenters. The molecule has 0 radical (unpaired) electrons. The van der Waals surface area contributed by atoms with E-state index in [-0.39, 0.29) is 28.8 Å². The summed E-state index contributed by atoms with van der Waals surface area (Å²) in [6, 6.07) is 0.262. The lowest BCUT2D eigenvalue weighted by Crippen LogP contribution is -2.55. The minimum absolute atomic E-state index is 0.0687. The normalized spacial score (nSPS) is 30.0.